The standard InChI is InChI=1S/C13H18ClN3O3S/c14-11-6-16-17(7-9-1-2-9)13(18)12(11)15-5-10-3-4-21(19,20)8-10/h6,9-10,15H,1-5,7-8H2. The molecule has 8 heteroatoms. The molecule has 1 N–H and O–H groups in total. The zero-order valence-electron chi connectivity index (χ0n) is 11.6. The predicted molar refractivity (Wildman–Crippen MR) is 81.5 cm³/mol. The van der Waals surface area contributed by atoms with Crippen molar-refractivity contribution in [1.29, 1.82) is 0 Å². The number of anilines is 1. The maximum atomic E-state index is 12.3. The van der Waals surface area contributed by atoms with E-state index in [1.165, 1.54) is 10.9 Å². The highest BCUT2D eigenvalue weighted by Crippen LogP contribution is 2.30. The van der Waals surface area contributed by atoms with Gasteiger partial charge in [0.2, 0.25) is 0 Å². The van der Waals surface area contributed by atoms with Crippen LogP contribution in [0, 0.1) is 11.8 Å². The minimum Gasteiger partial charge on any atom is -0.379 e. The molecule has 1 aliphatic heterocycles. The van der Waals surface area contributed by atoms with Gasteiger partial charge in [-0.15, -0.1) is 0 Å². The van der Waals surface area contributed by atoms with Crippen LogP contribution in [0.3, 0.4) is 0 Å². The molecule has 1 atom stereocenters. The first kappa shape index (κ1) is 14.8. The van der Waals surface area contributed by atoms with Gasteiger partial charge in [-0.05, 0) is 31.1 Å². The van der Waals surface area contributed by atoms with Crippen LogP contribution in [-0.4, -0.2) is 36.2 Å². The fraction of sp³-hybridized carbons (Fsp3) is 0.692. The Morgan fingerprint density at radius 1 is 1.33 bits per heavy atom. The Labute approximate surface area is 128 Å². The summed E-state index contributed by atoms with van der Waals surface area (Å²) in [5, 5.41) is 7.37. The third kappa shape index (κ3) is 3.58. The molecule has 6 nitrogen and oxygen atoms in total. The van der Waals surface area contributed by atoms with Crippen LogP contribution in [-0.2, 0) is 16.4 Å². The Hall–Kier alpha value is -1.08. The number of hydrogen-bond acceptors (Lipinski definition) is 5. The fourth-order valence-corrected chi connectivity index (χ4v) is 4.64. The van der Waals surface area contributed by atoms with Gasteiger partial charge >= 0.3 is 0 Å². The molecule has 21 heavy (non-hydrogen) atoms. The zero-order valence-corrected chi connectivity index (χ0v) is 13.2. The SMILES string of the molecule is O=c1c(NCC2CCS(=O)(=O)C2)c(Cl)cnn1CC1CC1. The molecular formula is C13H18ClN3O3S. The Balaban J connectivity index is 1.70. The maximum Gasteiger partial charge on any atom is 0.291 e. The molecule has 1 saturated heterocycles. The van der Waals surface area contributed by atoms with Crippen molar-refractivity contribution >= 4 is 27.1 Å². The van der Waals surface area contributed by atoms with Crippen molar-refractivity contribution in [3.05, 3.63) is 21.6 Å². The van der Waals surface area contributed by atoms with Crippen LogP contribution in [0.5, 0.6) is 0 Å². The molecule has 0 radical (unpaired) electrons. The summed E-state index contributed by atoms with van der Waals surface area (Å²) in [6.45, 7) is 1.07. The smallest absolute Gasteiger partial charge is 0.291 e. The van der Waals surface area contributed by atoms with Crippen LogP contribution in [0.4, 0.5) is 5.69 Å². The van der Waals surface area contributed by atoms with Gasteiger partial charge in [0, 0.05) is 13.1 Å². The van der Waals surface area contributed by atoms with E-state index >= 15 is 0 Å². The third-order valence-electron chi connectivity index (χ3n) is 4.02. The number of rotatable bonds is 5. The first-order valence-corrected chi connectivity index (χ1v) is 9.34. The van der Waals surface area contributed by atoms with Gasteiger partial charge < -0.3 is 5.32 Å². The average molecular weight is 332 g/mol. The summed E-state index contributed by atoms with van der Waals surface area (Å²) in [5.74, 6) is 0.994. The molecule has 0 bridgehead atoms. The summed E-state index contributed by atoms with van der Waals surface area (Å²) in [6, 6.07) is 0. The van der Waals surface area contributed by atoms with Gasteiger partial charge in [0.15, 0.2) is 9.84 Å². The van der Waals surface area contributed by atoms with Crippen molar-refractivity contribution in [3.8, 4) is 0 Å². The molecule has 1 unspecified atom stereocenters. The highest BCUT2D eigenvalue weighted by molar-refractivity contribution is 7.91. The lowest BCUT2D eigenvalue weighted by Gasteiger charge is -2.13. The van der Waals surface area contributed by atoms with Gasteiger partial charge in [-0.3, -0.25) is 4.79 Å². The number of halogens is 1. The van der Waals surface area contributed by atoms with Gasteiger partial charge in [-0.2, -0.15) is 5.10 Å². The van der Waals surface area contributed by atoms with Crippen molar-refractivity contribution in [2.24, 2.45) is 11.8 Å². The Morgan fingerprint density at radius 2 is 2.10 bits per heavy atom. The van der Waals surface area contributed by atoms with E-state index in [1.807, 2.05) is 0 Å². The van der Waals surface area contributed by atoms with E-state index in [2.05, 4.69) is 10.4 Å². The van der Waals surface area contributed by atoms with Crippen molar-refractivity contribution in [2.75, 3.05) is 23.4 Å². The van der Waals surface area contributed by atoms with Crippen LogP contribution >= 0.6 is 11.6 Å². The van der Waals surface area contributed by atoms with Gasteiger partial charge in [0.05, 0.1) is 22.7 Å². The Kier molecular flexibility index (Phi) is 3.96. The third-order valence-corrected chi connectivity index (χ3v) is 6.14. The number of aromatic nitrogens is 2. The van der Waals surface area contributed by atoms with Gasteiger partial charge in [-0.1, -0.05) is 11.6 Å². The van der Waals surface area contributed by atoms with Gasteiger partial charge in [-0.25, -0.2) is 13.1 Å². The molecule has 1 aromatic rings. The molecule has 2 fully saturated rings. The first-order chi connectivity index (χ1) is 9.94. The lowest BCUT2D eigenvalue weighted by Crippen LogP contribution is -2.28. The summed E-state index contributed by atoms with van der Waals surface area (Å²) < 4.78 is 24.3. The average Bonchev–Trinajstić information content (AvgIpc) is 3.16. The maximum absolute atomic E-state index is 12.3. The summed E-state index contributed by atoms with van der Waals surface area (Å²) >= 11 is 6.04. The van der Waals surface area contributed by atoms with E-state index < -0.39 is 9.84 Å². The minimum absolute atomic E-state index is 0.0375. The molecule has 2 aliphatic rings. The molecule has 1 saturated carbocycles. The molecule has 116 valence electrons. The summed E-state index contributed by atoms with van der Waals surface area (Å²) in [5.41, 5.74) is 0.104. The Bertz CT molecular complexity index is 697. The normalized spacial score (nSPS) is 24.1. The van der Waals surface area contributed by atoms with E-state index in [9.17, 15) is 13.2 Å². The van der Waals surface area contributed by atoms with Crippen LogP contribution in [0.2, 0.25) is 5.02 Å². The van der Waals surface area contributed by atoms with Crippen molar-refractivity contribution < 1.29 is 8.42 Å². The molecule has 0 aromatic carbocycles. The molecule has 0 spiro atoms. The molecular weight excluding hydrogens is 314 g/mol. The van der Waals surface area contributed by atoms with E-state index in [0.29, 0.717) is 31.1 Å². The first-order valence-electron chi connectivity index (χ1n) is 7.14. The molecule has 3 rings (SSSR count). The second-order valence-corrected chi connectivity index (χ2v) is 8.58. The lowest BCUT2D eigenvalue weighted by molar-refractivity contribution is 0.533. The zero-order chi connectivity index (χ0) is 15.0. The van der Waals surface area contributed by atoms with Gasteiger partial charge in [0.1, 0.15) is 5.69 Å². The van der Waals surface area contributed by atoms with Crippen LogP contribution in [0.1, 0.15) is 19.3 Å². The van der Waals surface area contributed by atoms with Crippen LogP contribution in [0.25, 0.3) is 0 Å². The van der Waals surface area contributed by atoms with Crippen molar-refractivity contribution in [1.82, 2.24) is 9.78 Å². The van der Waals surface area contributed by atoms with Crippen molar-refractivity contribution in [2.45, 2.75) is 25.8 Å². The largest absolute Gasteiger partial charge is 0.379 e. The highest BCUT2D eigenvalue weighted by Gasteiger charge is 2.28. The fourth-order valence-electron chi connectivity index (χ4n) is 2.58. The molecule has 1 aliphatic carbocycles. The number of sulfone groups is 1. The summed E-state index contributed by atoms with van der Waals surface area (Å²) in [4.78, 5) is 12.3. The van der Waals surface area contributed by atoms with Gasteiger partial charge in [0.25, 0.3) is 5.56 Å². The minimum atomic E-state index is -2.90. The van der Waals surface area contributed by atoms with E-state index in [0.717, 1.165) is 12.8 Å². The van der Waals surface area contributed by atoms with E-state index in [1.54, 1.807) is 0 Å². The second-order valence-electron chi connectivity index (χ2n) is 5.95. The quantitative estimate of drug-likeness (QED) is 0.875. The molecule has 0 amide bonds. The van der Waals surface area contributed by atoms with E-state index in [4.69, 9.17) is 11.6 Å². The predicted octanol–water partition coefficient (Wildman–Crippen LogP) is 1.15. The van der Waals surface area contributed by atoms with Crippen LogP contribution in [0.15, 0.2) is 11.0 Å². The number of nitrogens with one attached hydrogen (secondary N) is 1. The summed E-state index contributed by atoms with van der Waals surface area (Å²) in [7, 11) is -2.90. The topological polar surface area (TPSA) is 81.1 Å². The summed E-state index contributed by atoms with van der Waals surface area (Å²) in [6.07, 6.45) is 4.38. The second kappa shape index (κ2) is 5.61. The van der Waals surface area contributed by atoms with E-state index in [-0.39, 0.29) is 28.0 Å². The number of hydrogen-bond donors (Lipinski definition) is 1. The number of nitrogens with zero attached hydrogens (tertiary/aromatic N) is 2. The lowest BCUT2D eigenvalue weighted by atomic mass is 10.1. The molecule has 2 heterocycles. The highest BCUT2D eigenvalue weighted by atomic mass is 35.5. The van der Waals surface area contributed by atoms with Crippen molar-refractivity contribution in [3.63, 3.8) is 0 Å². The monoisotopic (exact) mass is 331 g/mol. The van der Waals surface area contributed by atoms with Crippen LogP contribution < -0.4 is 10.9 Å². The Morgan fingerprint density at radius 3 is 2.71 bits per heavy atom. The molecule has 1 aromatic heterocycles.